The summed E-state index contributed by atoms with van der Waals surface area (Å²) in [4.78, 5) is 2.39. The van der Waals surface area contributed by atoms with Crippen LogP contribution in [0, 0.1) is 0 Å². The molecule has 1 aliphatic rings. The summed E-state index contributed by atoms with van der Waals surface area (Å²) in [5, 5.41) is 4.88. The van der Waals surface area contributed by atoms with Gasteiger partial charge in [0.2, 0.25) is 0 Å². The van der Waals surface area contributed by atoms with Crippen LogP contribution in [0.15, 0.2) is 236 Å². The summed E-state index contributed by atoms with van der Waals surface area (Å²) in [5.41, 5.74) is 22.9. The fourth-order valence-electron chi connectivity index (χ4n) is 8.70. The highest BCUT2D eigenvalue weighted by Crippen LogP contribution is 2.51. The van der Waals surface area contributed by atoms with Crippen molar-refractivity contribution >= 4 is 28.5 Å². The number of benzene rings is 9. The molecule has 0 fully saturated rings. The summed E-state index contributed by atoms with van der Waals surface area (Å²) >= 11 is 0. The van der Waals surface area contributed by atoms with Gasteiger partial charge < -0.3 is 4.90 Å². The molecule has 0 aliphatic heterocycles. The van der Waals surface area contributed by atoms with E-state index in [4.69, 9.17) is 5.10 Å². The van der Waals surface area contributed by atoms with Crippen molar-refractivity contribution in [3.63, 3.8) is 0 Å². The normalized spacial score (nSPS) is 12.2. The molecule has 1 N–H and O–H groups in total. The van der Waals surface area contributed by atoms with Gasteiger partial charge in [-0.05, 0) is 110 Å². The molecular weight excluding hydrogens is 739 g/mol. The molecule has 0 atom stereocenters. The lowest BCUT2D eigenvalue weighted by Crippen LogP contribution is -2.16. The number of anilines is 4. The Bertz CT molecular complexity index is 2830. The third-order valence-corrected chi connectivity index (χ3v) is 12.0. The predicted molar refractivity (Wildman–Crippen MR) is 257 cm³/mol. The molecule has 10 rings (SSSR count). The van der Waals surface area contributed by atoms with Crippen molar-refractivity contribution in [3.8, 4) is 44.5 Å². The Morgan fingerprint density at radius 1 is 0.377 bits per heavy atom. The quantitative estimate of drug-likeness (QED) is 0.110. The van der Waals surface area contributed by atoms with Gasteiger partial charge >= 0.3 is 0 Å². The maximum atomic E-state index is 4.88. The van der Waals surface area contributed by atoms with Crippen molar-refractivity contribution in [1.82, 2.24) is 0 Å². The molecule has 0 unspecified atom stereocenters. The zero-order valence-corrected chi connectivity index (χ0v) is 34.3. The Labute approximate surface area is 359 Å². The van der Waals surface area contributed by atoms with E-state index in [9.17, 15) is 0 Å². The highest BCUT2D eigenvalue weighted by atomic mass is 15.3. The summed E-state index contributed by atoms with van der Waals surface area (Å²) < 4.78 is 0. The molecule has 0 bridgehead atoms. The third kappa shape index (κ3) is 7.43. The van der Waals surface area contributed by atoms with Crippen molar-refractivity contribution < 1.29 is 0 Å². The first kappa shape index (κ1) is 37.5. The average Bonchev–Trinajstić information content (AvgIpc) is 3.55. The Hall–Kier alpha value is -7.75. The SMILES string of the molecule is CC1(C)c2cc(-c3ccc(NN=C(c4ccccc4)c4ccccc4)cc3)ccc2-c2ccc(N(c3ccc(-c4ccccc4)cc3)c3ccc(-c4ccccc4)cc3)cc21. The predicted octanol–water partition coefficient (Wildman–Crippen LogP) is 15.3. The Balaban J connectivity index is 0.954. The van der Waals surface area contributed by atoms with Crippen molar-refractivity contribution in [1.29, 1.82) is 0 Å². The van der Waals surface area contributed by atoms with E-state index >= 15 is 0 Å². The molecular formula is C58H45N3. The second kappa shape index (κ2) is 16.1. The molecule has 1 aliphatic carbocycles. The summed E-state index contributed by atoms with van der Waals surface area (Å²) in [7, 11) is 0. The molecule has 0 saturated carbocycles. The fraction of sp³-hybridized carbons (Fsp3) is 0.0517. The lowest BCUT2D eigenvalue weighted by atomic mass is 9.81. The molecule has 0 aromatic heterocycles. The topological polar surface area (TPSA) is 27.6 Å². The van der Waals surface area contributed by atoms with E-state index in [1.807, 2.05) is 36.4 Å². The summed E-state index contributed by atoms with van der Waals surface area (Å²) in [6.07, 6.45) is 0. The summed E-state index contributed by atoms with van der Waals surface area (Å²) in [6.45, 7) is 4.72. The van der Waals surface area contributed by atoms with E-state index in [2.05, 4.69) is 218 Å². The first-order valence-electron chi connectivity index (χ1n) is 21.0. The molecule has 292 valence electrons. The van der Waals surface area contributed by atoms with Gasteiger partial charge in [-0.1, -0.05) is 190 Å². The number of hydrogen-bond donors (Lipinski definition) is 1. The Morgan fingerprint density at radius 3 is 1.26 bits per heavy atom. The van der Waals surface area contributed by atoms with E-state index in [-0.39, 0.29) is 5.41 Å². The van der Waals surface area contributed by atoms with Crippen molar-refractivity contribution in [2.24, 2.45) is 5.10 Å². The van der Waals surface area contributed by atoms with Gasteiger partial charge in [0.1, 0.15) is 0 Å². The Kier molecular flexibility index (Phi) is 9.92. The van der Waals surface area contributed by atoms with Gasteiger partial charge in [0.05, 0.1) is 11.4 Å². The van der Waals surface area contributed by atoms with E-state index < -0.39 is 0 Å². The monoisotopic (exact) mass is 783 g/mol. The van der Waals surface area contributed by atoms with E-state index in [0.29, 0.717) is 0 Å². The minimum atomic E-state index is -0.210. The van der Waals surface area contributed by atoms with Crippen molar-refractivity contribution in [2.75, 3.05) is 10.3 Å². The van der Waals surface area contributed by atoms with Crippen molar-refractivity contribution in [3.05, 3.63) is 253 Å². The minimum Gasteiger partial charge on any atom is -0.310 e. The van der Waals surface area contributed by atoms with Crippen LogP contribution in [0.2, 0.25) is 0 Å². The second-order valence-corrected chi connectivity index (χ2v) is 16.2. The van der Waals surface area contributed by atoms with Crippen LogP contribution >= 0.6 is 0 Å². The minimum absolute atomic E-state index is 0.210. The van der Waals surface area contributed by atoms with Crippen LogP contribution in [0.5, 0.6) is 0 Å². The fourth-order valence-corrected chi connectivity index (χ4v) is 8.70. The summed E-state index contributed by atoms with van der Waals surface area (Å²) in [6, 6.07) is 82.2. The first-order chi connectivity index (χ1) is 30.0. The van der Waals surface area contributed by atoms with Crippen LogP contribution in [-0.2, 0) is 5.41 Å². The zero-order valence-electron chi connectivity index (χ0n) is 34.3. The third-order valence-electron chi connectivity index (χ3n) is 12.0. The van der Waals surface area contributed by atoms with E-state index in [1.54, 1.807) is 0 Å². The summed E-state index contributed by atoms with van der Waals surface area (Å²) in [5.74, 6) is 0. The van der Waals surface area contributed by atoms with Gasteiger partial charge in [0, 0.05) is 33.6 Å². The number of nitrogens with zero attached hydrogens (tertiary/aromatic N) is 2. The van der Waals surface area contributed by atoms with Gasteiger partial charge in [-0.3, -0.25) is 5.43 Å². The molecule has 9 aromatic carbocycles. The first-order valence-corrected chi connectivity index (χ1v) is 21.0. The molecule has 0 radical (unpaired) electrons. The average molecular weight is 784 g/mol. The van der Waals surface area contributed by atoms with Gasteiger partial charge in [-0.15, -0.1) is 0 Å². The van der Waals surface area contributed by atoms with E-state index in [1.165, 1.54) is 55.6 Å². The van der Waals surface area contributed by atoms with Crippen LogP contribution < -0.4 is 10.3 Å². The zero-order chi connectivity index (χ0) is 41.2. The van der Waals surface area contributed by atoms with Gasteiger partial charge in [-0.25, -0.2) is 0 Å². The molecule has 3 nitrogen and oxygen atoms in total. The highest BCUT2D eigenvalue weighted by Gasteiger charge is 2.36. The lowest BCUT2D eigenvalue weighted by molar-refractivity contribution is 0.660. The molecule has 0 spiro atoms. The number of rotatable bonds is 10. The molecule has 0 amide bonds. The smallest absolute Gasteiger partial charge is 0.0977 e. The van der Waals surface area contributed by atoms with Crippen LogP contribution in [0.4, 0.5) is 22.7 Å². The van der Waals surface area contributed by atoms with Gasteiger partial charge in [0.25, 0.3) is 0 Å². The van der Waals surface area contributed by atoms with Crippen LogP contribution in [0.3, 0.4) is 0 Å². The van der Waals surface area contributed by atoms with E-state index in [0.717, 1.165) is 39.6 Å². The Morgan fingerprint density at radius 2 is 0.754 bits per heavy atom. The van der Waals surface area contributed by atoms with Crippen molar-refractivity contribution in [2.45, 2.75) is 19.3 Å². The van der Waals surface area contributed by atoms with Gasteiger partial charge in [-0.2, -0.15) is 5.10 Å². The second-order valence-electron chi connectivity index (χ2n) is 16.2. The molecule has 0 heterocycles. The molecule has 61 heavy (non-hydrogen) atoms. The standard InChI is InChI=1S/C58H45N3/c1-58(2)55-39-48(45-23-30-49(31-24-45)59-60-57(46-19-11-5-12-20-46)47-21-13-6-14-22-47)29-37-53(55)54-38-36-52(40-56(54)58)61(50-32-25-43(26-33-50)41-15-7-3-8-16-41)51-34-27-44(28-35-51)42-17-9-4-10-18-42/h3-40,59H,1-2H3. The number of fused-ring (bicyclic) bond motifs is 3. The maximum absolute atomic E-state index is 4.88. The lowest BCUT2D eigenvalue weighted by Gasteiger charge is -2.28. The van der Waals surface area contributed by atoms with Gasteiger partial charge in [0.15, 0.2) is 0 Å². The molecule has 0 saturated heterocycles. The van der Waals surface area contributed by atoms with Crippen LogP contribution in [-0.4, -0.2) is 5.71 Å². The largest absolute Gasteiger partial charge is 0.310 e. The number of nitrogens with one attached hydrogen (secondary N) is 1. The number of hydrogen-bond acceptors (Lipinski definition) is 3. The highest BCUT2D eigenvalue weighted by molar-refractivity contribution is 6.13. The van der Waals surface area contributed by atoms with Crippen LogP contribution in [0.1, 0.15) is 36.1 Å². The molecule has 3 heteroatoms. The number of hydrazone groups is 1. The molecule has 9 aromatic rings. The van der Waals surface area contributed by atoms with Crippen LogP contribution in [0.25, 0.3) is 44.5 Å². The maximum Gasteiger partial charge on any atom is 0.0977 e.